The van der Waals surface area contributed by atoms with Crippen molar-refractivity contribution in [1.29, 1.82) is 0 Å². The molecule has 2 N–H and O–H groups in total. The van der Waals surface area contributed by atoms with Gasteiger partial charge in [-0.3, -0.25) is 15.4 Å². The van der Waals surface area contributed by atoms with E-state index in [1.54, 1.807) is 10.8 Å². The maximum Gasteiger partial charge on any atom is 0.328 e. The van der Waals surface area contributed by atoms with Crippen LogP contribution in [0.5, 0.6) is 0 Å². The van der Waals surface area contributed by atoms with Crippen LogP contribution >= 0.6 is 27.5 Å². The molecule has 0 fully saturated rings. The summed E-state index contributed by atoms with van der Waals surface area (Å²) in [5, 5.41) is 4.63. The number of halogens is 3. The highest BCUT2D eigenvalue weighted by Gasteiger charge is 2.18. The van der Waals surface area contributed by atoms with Crippen molar-refractivity contribution in [3.63, 3.8) is 0 Å². The maximum atomic E-state index is 13.8. The molecule has 122 valence electrons. The van der Waals surface area contributed by atoms with Crippen LogP contribution in [0.25, 0.3) is 0 Å². The van der Waals surface area contributed by atoms with Gasteiger partial charge in [0.25, 0.3) is 5.91 Å². The van der Waals surface area contributed by atoms with Crippen LogP contribution in [0.1, 0.15) is 30.2 Å². The summed E-state index contributed by atoms with van der Waals surface area (Å²) in [6, 6.07) is 1.45. The Hall–Kier alpha value is -1.93. The molecule has 0 aliphatic heterocycles. The number of amides is 3. The van der Waals surface area contributed by atoms with Crippen molar-refractivity contribution in [2.45, 2.75) is 19.9 Å². The van der Waals surface area contributed by atoms with E-state index >= 15 is 0 Å². The van der Waals surface area contributed by atoms with Gasteiger partial charge >= 0.3 is 6.03 Å². The summed E-state index contributed by atoms with van der Waals surface area (Å²) in [5.41, 5.74) is -0.333. The molecule has 2 aromatic rings. The van der Waals surface area contributed by atoms with Crippen molar-refractivity contribution in [1.82, 2.24) is 14.9 Å². The third kappa shape index (κ3) is 4.08. The van der Waals surface area contributed by atoms with E-state index in [1.807, 2.05) is 19.2 Å². The molecular weight excluding hydrogens is 391 g/mol. The van der Waals surface area contributed by atoms with Crippen LogP contribution in [0.2, 0.25) is 5.02 Å². The van der Waals surface area contributed by atoms with Gasteiger partial charge < -0.3 is 4.57 Å². The maximum absolute atomic E-state index is 13.8. The highest BCUT2D eigenvalue weighted by atomic mass is 79.9. The molecule has 0 aliphatic rings. The molecule has 0 unspecified atom stereocenters. The van der Waals surface area contributed by atoms with E-state index in [9.17, 15) is 14.0 Å². The smallest absolute Gasteiger partial charge is 0.315 e. The number of nitrogens with zero attached hydrogens (tertiary/aromatic N) is 2. The number of anilines is 1. The Bertz CT molecular complexity index is 763. The van der Waals surface area contributed by atoms with Crippen LogP contribution in [0.4, 0.5) is 15.1 Å². The lowest BCUT2D eigenvalue weighted by Crippen LogP contribution is -2.35. The monoisotopic (exact) mass is 402 g/mol. The van der Waals surface area contributed by atoms with Gasteiger partial charge in [-0.15, -0.1) is 0 Å². The normalized spacial score (nSPS) is 10.7. The topological polar surface area (TPSA) is 76.0 Å². The predicted molar refractivity (Wildman–Crippen MR) is 88.2 cm³/mol. The van der Waals surface area contributed by atoms with Gasteiger partial charge in [-0.1, -0.05) is 11.6 Å². The number of imide groups is 1. The predicted octanol–water partition coefficient (Wildman–Crippen LogP) is 3.98. The lowest BCUT2D eigenvalue weighted by atomic mass is 10.2. The molecule has 1 heterocycles. The first-order chi connectivity index (χ1) is 10.8. The summed E-state index contributed by atoms with van der Waals surface area (Å²) >= 11 is 8.88. The number of benzene rings is 1. The van der Waals surface area contributed by atoms with E-state index in [4.69, 9.17) is 11.6 Å². The third-order valence-electron chi connectivity index (χ3n) is 2.93. The molecule has 23 heavy (non-hydrogen) atoms. The molecule has 0 radical (unpaired) electrons. The van der Waals surface area contributed by atoms with Crippen molar-refractivity contribution >= 4 is 45.4 Å². The molecule has 1 aromatic heterocycles. The molecule has 0 bridgehead atoms. The summed E-state index contributed by atoms with van der Waals surface area (Å²) in [4.78, 5) is 27.8. The zero-order chi connectivity index (χ0) is 17.1. The van der Waals surface area contributed by atoms with Crippen molar-refractivity contribution in [2.24, 2.45) is 0 Å². The Morgan fingerprint density at radius 2 is 2.09 bits per heavy atom. The van der Waals surface area contributed by atoms with E-state index in [2.05, 4.69) is 26.2 Å². The molecule has 0 spiro atoms. The fraction of sp³-hybridized carbons (Fsp3) is 0.214. The summed E-state index contributed by atoms with van der Waals surface area (Å²) in [7, 11) is 0. The number of hydrogen-bond acceptors (Lipinski definition) is 3. The standard InChI is InChI=1S/C14H13BrClFN4O2/c1-7(2)21-4-3-18-13(21)20-14(23)19-12(22)8-5-10(16)9(15)6-11(8)17/h3-7H,1-2H3,(H2,18,19,20,22,23). The summed E-state index contributed by atoms with van der Waals surface area (Å²) in [6.45, 7) is 3.82. The number of nitrogens with one attached hydrogen (secondary N) is 2. The second-order valence-electron chi connectivity index (χ2n) is 4.91. The first-order valence-electron chi connectivity index (χ1n) is 6.59. The molecule has 0 saturated heterocycles. The zero-order valence-electron chi connectivity index (χ0n) is 12.2. The van der Waals surface area contributed by atoms with Crippen LogP contribution in [-0.2, 0) is 0 Å². The molecular formula is C14H13BrClFN4O2. The molecule has 2 rings (SSSR count). The molecule has 1 aromatic carbocycles. The first kappa shape index (κ1) is 17.4. The van der Waals surface area contributed by atoms with Gasteiger partial charge in [0.1, 0.15) is 5.82 Å². The van der Waals surface area contributed by atoms with Crippen LogP contribution in [0.3, 0.4) is 0 Å². The number of aromatic nitrogens is 2. The minimum atomic E-state index is -0.906. The van der Waals surface area contributed by atoms with Gasteiger partial charge in [-0.2, -0.15) is 0 Å². The molecule has 3 amide bonds. The summed E-state index contributed by atoms with van der Waals surface area (Å²) in [5.74, 6) is -1.42. The van der Waals surface area contributed by atoms with E-state index in [0.717, 1.165) is 12.1 Å². The summed E-state index contributed by atoms with van der Waals surface area (Å²) in [6.07, 6.45) is 3.21. The molecule has 6 nitrogen and oxygen atoms in total. The van der Waals surface area contributed by atoms with E-state index in [-0.39, 0.29) is 22.6 Å². The number of hydrogen-bond donors (Lipinski definition) is 2. The second kappa shape index (κ2) is 7.10. The van der Waals surface area contributed by atoms with Crippen molar-refractivity contribution in [2.75, 3.05) is 5.32 Å². The average molecular weight is 404 g/mol. The Kier molecular flexibility index (Phi) is 5.38. The van der Waals surface area contributed by atoms with Crippen LogP contribution in [-0.4, -0.2) is 21.5 Å². The molecule has 0 atom stereocenters. The Morgan fingerprint density at radius 1 is 1.39 bits per heavy atom. The number of carbonyl (C=O) groups excluding carboxylic acids is 2. The van der Waals surface area contributed by atoms with Gasteiger partial charge in [0.15, 0.2) is 0 Å². The van der Waals surface area contributed by atoms with Crippen LogP contribution in [0, 0.1) is 5.82 Å². The lowest BCUT2D eigenvalue weighted by molar-refractivity contribution is 0.0963. The fourth-order valence-corrected chi connectivity index (χ4v) is 2.31. The summed E-state index contributed by atoms with van der Waals surface area (Å²) < 4.78 is 15.8. The van der Waals surface area contributed by atoms with E-state index in [1.165, 1.54) is 6.20 Å². The van der Waals surface area contributed by atoms with E-state index < -0.39 is 17.8 Å². The fourth-order valence-electron chi connectivity index (χ4n) is 1.83. The minimum absolute atomic E-state index is 0.0752. The van der Waals surface area contributed by atoms with Crippen LogP contribution < -0.4 is 10.6 Å². The highest BCUT2D eigenvalue weighted by Crippen LogP contribution is 2.25. The van der Waals surface area contributed by atoms with Gasteiger partial charge in [0.05, 0.1) is 10.6 Å². The van der Waals surface area contributed by atoms with Crippen molar-refractivity contribution in [3.8, 4) is 0 Å². The minimum Gasteiger partial charge on any atom is -0.315 e. The van der Waals surface area contributed by atoms with Crippen LogP contribution in [0.15, 0.2) is 29.0 Å². The quantitative estimate of drug-likeness (QED) is 0.761. The van der Waals surface area contributed by atoms with Gasteiger partial charge in [0, 0.05) is 22.9 Å². The van der Waals surface area contributed by atoms with Crippen molar-refractivity contribution < 1.29 is 14.0 Å². The zero-order valence-corrected chi connectivity index (χ0v) is 14.6. The number of rotatable bonds is 3. The first-order valence-corrected chi connectivity index (χ1v) is 7.76. The van der Waals surface area contributed by atoms with Gasteiger partial charge in [-0.05, 0) is 41.9 Å². The third-order valence-corrected chi connectivity index (χ3v) is 4.13. The second-order valence-corrected chi connectivity index (χ2v) is 6.17. The Morgan fingerprint density at radius 3 is 2.74 bits per heavy atom. The molecule has 0 saturated carbocycles. The van der Waals surface area contributed by atoms with Crippen molar-refractivity contribution in [3.05, 3.63) is 45.4 Å². The lowest BCUT2D eigenvalue weighted by Gasteiger charge is -2.12. The molecule has 9 heteroatoms. The Labute approximate surface area is 145 Å². The van der Waals surface area contributed by atoms with Gasteiger partial charge in [-0.25, -0.2) is 14.2 Å². The number of imidazole rings is 1. The Balaban J connectivity index is 2.10. The average Bonchev–Trinajstić information content (AvgIpc) is 2.90. The van der Waals surface area contributed by atoms with Gasteiger partial charge in [0.2, 0.25) is 5.95 Å². The number of carbonyl (C=O) groups is 2. The number of urea groups is 1. The highest BCUT2D eigenvalue weighted by molar-refractivity contribution is 9.10. The van der Waals surface area contributed by atoms with E-state index in [0.29, 0.717) is 4.47 Å². The largest absolute Gasteiger partial charge is 0.328 e. The SMILES string of the molecule is CC(C)n1ccnc1NC(=O)NC(=O)c1cc(Cl)c(Br)cc1F. The molecule has 0 aliphatic carbocycles.